The second kappa shape index (κ2) is 10.1. The number of hydrogen-bond donors (Lipinski definition) is 1. The molecule has 0 aliphatic carbocycles. The van der Waals surface area contributed by atoms with E-state index >= 15 is 0 Å². The molecule has 1 aliphatic heterocycles. The zero-order valence-electron chi connectivity index (χ0n) is 18.0. The highest BCUT2D eigenvalue weighted by Crippen LogP contribution is 2.30. The fourth-order valence-electron chi connectivity index (χ4n) is 3.71. The summed E-state index contributed by atoms with van der Waals surface area (Å²) >= 11 is 12.1. The van der Waals surface area contributed by atoms with E-state index < -0.39 is 27.9 Å². The van der Waals surface area contributed by atoms with Gasteiger partial charge in [0.2, 0.25) is 11.8 Å². The minimum Gasteiger partial charge on any atom is -0.357 e. The highest BCUT2D eigenvalue weighted by Gasteiger charge is 2.41. The number of sulfonamides is 1. The number of rotatable bonds is 8. The molecule has 0 saturated heterocycles. The van der Waals surface area contributed by atoms with Crippen molar-refractivity contribution < 1.29 is 22.8 Å². The third-order valence-corrected chi connectivity index (χ3v) is 7.99. The average molecular weight is 512 g/mol. The van der Waals surface area contributed by atoms with Gasteiger partial charge in [-0.05, 0) is 36.2 Å². The topological polar surface area (TPSA) is 104 Å². The van der Waals surface area contributed by atoms with E-state index in [4.69, 9.17) is 23.2 Å². The van der Waals surface area contributed by atoms with Crippen LogP contribution in [0.3, 0.4) is 0 Å². The van der Waals surface area contributed by atoms with E-state index in [0.29, 0.717) is 26.3 Å². The lowest BCUT2D eigenvalue weighted by atomic mass is 10.1. The van der Waals surface area contributed by atoms with Gasteiger partial charge in [0.05, 0.1) is 15.6 Å². The van der Waals surface area contributed by atoms with Crippen LogP contribution >= 0.6 is 23.2 Å². The van der Waals surface area contributed by atoms with Crippen LogP contribution in [0.15, 0.2) is 47.4 Å². The number of fused-ring (bicyclic) bond motifs is 1. The Morgan fingerprint density at radius 2 is 1.82 bits per heavy atom. The van der Waals surface area contributed by atoms with E-state index in [9.17, 15) is 22.8 Å². The standard InChI is InChI=1S/C22H23Cl2N3O5S/c1-3-18(21(29)25-2)26(13-14-8-9-16(23)17(24)12-14)20(28)10-11-27-22(30)15-6-4-5-7-19(15)33(27,31)32/h4-9,12,18H,3,10-11,13H2,1-2H3,(H,25,29)/t18-/m0/s1. The Labute approximate surface area is 202 Å². The molecule has 0 spiro atoms. The summed E-state index contributed by atoms with van der Waals surface area (Å²) in [7, 11) is -2.56. The van der Waals surface area contributed by atoms with Crippen molar-refractivity contribution in [3.63, 3.8) is 0 Å². The van der Waals surface area contributed by atoms with Gasteiger partial charge in [-0.2, -0.15) is 0 Å². The van der Waals surface area contributed by atoms with E-state index in [2.05, 4.69) is 5.32 Å². The Hall–Kier alpha value is -2.62. The second-order valence-electron chi connectivity index (χ2n) is 7.44. The molecule has 1 heterocycles. The molecular formula is C22H23Cl2N3O5S. The van der Waals surface area contributed by atoms with Crippen molar-refractivity contribution in [1.82, 2.24) is 14.5 Å². The van der Waals surface area contributed by atoms with Gasteiger partial charge in [0.1, 0.15) is 10.9 Å². The molecule has 0 saturated carbocycles. The maximum absolute atomic E-state index is 13.2. The smallest absolute Gasteiger partial charge is 0.269 e. The fourth-order valence-corrected chi connectivity index (χ4v) is 5.60. The number of nitrogens with one attached hydrogen (secondary N) is 1. The van der Waals surface area contributed by atoms with Gasteiger partial charge in [-0.25, -0.2) is 12.7 Å². The van der Waals surface area contributed by atoms with Crippen LogP contribution in [0.5, 0.6) is 0 Å². The summed E-state index contributed by atoms with van der Waals surface area (Å²) in [5.74, 6) is -1.51. The minimum absolute atomic E-state index is 0.0581. The van der Waals surface area contributed by atoms with Crippen molar-refractivity contribution in [2.75, 3.05) is 13.6 Å². The molecule has 3 amide bonds. The summed E-state index contributed by atoms with van der Waals surface area (Å²) in [5.41, 5.74) is 0.729. The molecule has 1 atom stereocenters. The summed E-state index contributed by atoms with van der Waals surface area (Å²) in [6.45, 7) is 1.49. The van der Waals surface area contributed by atoms with E-state index in [1.54, 1.807) is 31.2 Å². The summed E-state index contributed by atoms with van der Waals surface area (Å²) in [4.78, 5) is 39.6. The number of carbonyl (C=O) groups is 3. The third kappa shape index (κ3) is 5.00. The number of carbonyl (C=O) groups excluding carboxylic acids is 3. The number of halogens is 2. The first-order valence-electron chi connectivity index (χ1n) is 10.2. The van der Waals surface area contributed by atoms with Crippen LogP contribution in [0.2, 0.25) is 10.0 Å². The molecule has 2 aromatic rings. The normalized spacial score (nSPS) is 15.2. The molecule has 8 nitrogen and oxygen atoms in total. The monoisotopic (exact) mass is 511 g/mol. The molecule has 2 aromatic carbocycles. The molecule has 0 bridgehead atoms. The predicted octanol–water partition coefficient (Wildman–Crippen LogP) is 3.08. The molecule has 3 rings (SSSR count). The lowest BCUT2D eigenvalue weighted by Crippen LogP contribution is -2.49. The first kappa shape index (κ1) is 25.0. The van der Waals surface area contributed by atoms with Crippen LogP contribution in [0, 0.1) is 0 Å². The van der Waals surface area contributed by atoms with Crippen molar-refractivity contribution in [1.29, 1.82) is 0 Å². The number of nitrogens with zero attached hydrogens (tertiary/aromatic N) is 2. The van der Waals surface area contributed by atoms with Crippen LogP contribution < -0.4 is 5.32 Å². The van der Waals surface area contributed by atoms with E-state index in [1.807, 2.05) is 0 Å². The second-order valence-corrected chi connectivity index (χ2v) is 10.1. The third-order valence-electron chi connectivity index (χ3n) is 5.41. The molecular weight excluding hydrogens is 489 g/mol. The molecule has 0 aromatic heterocycles. The Balaban J connectivity index is 1.83. The lowest BCUT2D eigenvalue weighted by molar-refractivity contribution is -0.141. The molecule has 1 N–H and O–H groups in total. The van der Waals surface area contributed by atoms with Crippen molar-refractivity contribution in [3.8, 4) is 0 Å². The maximum Gasteiger partial charge on any atom is 0.269 e. The van der Waals surface area contributed by atoms with Gasteiger partial charge in [0, 0.05) is 26.6 Å². The van der Waals surface area contributed by atoms with Crippen LogP contribution in [-0.2, 0) is 26.2 Å². The number of likely N-dealkylation sites (N-methyl/N-ethyl adjacent to an activating group) is 1. The molecule has 0 unspecified atom stereocenters. The van der Waals surface area contributed by atoms with Crippen LogP contribution in [-0.4, -0.2) is 55.0 Å². The predicted molar refractivity (Wildman–Crippen MR) is 124 cm³/mol. The van der Waals surface area contributed by atoms with Gasteiger partial charge >= 0.3 is 0 Å². The molecule has 11 heteroatoms. The summed E-state index contributed by atoms with van der Waals surface area (Å²) in [6.07, 6.45) is 0.0485. The Morgan fingerprint density at radius 1 is 1.12 bits per heavy atom. The Bertz CT molecular complexity index is 1200. The fraction of sp³-hybridized carbons (Fsp3) is 0.318. The zero-order valence-corrected chi connectivity index (χ0v) is 20.4. The Morgan fingerprint density at radius 3 is 2.42 bits per heavy atom. The van der Waals surface area contributed by atoms with Crippen molar-refractivity contribution >= 4 is 50.9 Å². The summed E-state index contributed by atoms with van der Waals surface area (Å²) in [6, 6.07) is 10.0. The number of hydrogen-bond acceptors (Lipinski definition) is 5. The van der Waals surface area contributed by atoms with Gasteiger partial charge in [0.25, 0.3) is 15.9 Å². The van der Waals surface area contributed by atoms with Gasteiger partial charge in [-0.15, -0.1) is 0 Å². The summed E-state index contributed by atoms with van der Waals surface area (Å²) in [5, 5.41) is 3.21. The SMILES string of the molecule is CC[C@@H](C(=O)NC)N(Cc1ccc(Cl)c(Cl)c1)C(=O)CCN1C(=O)c2ccccc2S1(=O)=O. The molecule has 1 aliphatic rings. The molecule has 33 heavy (non-hydrogen) atoms. The van der Waals surface area contributed by atoms with Crippen LogP contribution in [0.1, 0.15) is 35.7 Å². The maximum atomic E-state index is 13.2. The van der Waals surface area contributed by atoms with Crippen molar-refractivity contribution in [2.45, 2.75) is 37.2 Å². The van der Waals surface area contributed by atoms with Crippen LogP contribution in [0.4, 0.5) is 0 Å². The highest BCUT2D eigenvalue weighted by atomic mass is 35.5. The Kier molecular flexibility index (Phi) is 7.66. The minimum atomic E-state index is -4.03. The molecule has 176 valence electrons. The first-order valence-corrected chi connectivity index (χ1v) is 12.4. The van der Waals surface area contributed by atoms with Crippen molar-refractivity contribution in [2.24, 2.45) is 0 Å². The molecule has 0 radical (unpaired) electrons. The van der Waals surface area contributed by atoms with Gasteiger partial charge in [-0.3, -0.25) is 14.4 Å². The van der Waals surface area contributed by atoms with E-state index in [-0.39, 0.29) is 35.9 Å². The van der Waals surface area contributed by atoms with E-state index in [1.165, 1.54) is 30.1 Å². The van der Waals surface area contributed by atoms with E-state index in [0.717, 1.165) is 0 Å². The average Bonchev–Trinajstić information content (AvgIpc) is 2.99. The first-order chi connectivity index (χ1) is 15.6. The quantitative estimate of drug-likeness (QED) is 0.586. The number of benzene rings is 2. The highest BCUT2D eigenvalue weighted by molar-refractivity contribution is 7.90. The largest absolute Gasteiger partial charge is 0.357 e. The van der Waals surface area contributed by atoms with Crippen molar-refractivity contribution in [3.05, 3.63) is 63.6 Å². The van der Waals surface area contributed by atoms with Gasteiger partial charge < -0.3 is 10.2 Å². The van der Waals surface area contributed by atoms with Gasteiger partial charge in [-0.1, -0.05) is 48.3 Å². The number of amides is 3. The van der Waals surface area contributed by atoms with Gasteiger partial charge in [0.15, 0.2) is 0 Å². The summed E-state index contributed by atoms with van der Waals surface area (Å²) < 4.78 is 26.2. The van der Waals surface area contributed by atoms with Crippen LogP contribution in [0.25, 0.3) is 0 Å². The lowest BCUT2D eigenvalue weighted by Gasteiger charge is -2.31. The molecule has 0 fully saturated rings. The zero-order chi connectivity index (χ0) is 24.3.